The van der Waals surface area contributed by atoms with Crippen LogP contribution in [0.2, 0.25) is 0 Å². The number of phosphoric ester groups is 1. The molecule has 0 heterocycles. The predicted octanol–water partition coefficient (Wildman–Crippen LogP) is 5.97. The van der Waals surface area contributed by atoms with Gasteiger partial charge in [0, 0.05) is 12.8 Å². The molecule has 0 bridgehead atoms. The molecule has 1 aliphatic carbocycles. The molecule has 1 saturated carbocycles. The van der Waals surface area contributed by atoms with Gasteiger partial charge in [0.2, 0.25) is 0 Å². The molecule has 0 aromatic rings. The SMILES string of the molecule is CCCCCCCCCCCCCCCCCC(=O)OCC(COP(=O)(O)OC1C(O)C(O)C(O)C(O)C1O)OC(=O)CCCCCCCC(O)/C=C/C(O)C(O)CCCCC. The highest BCUT2D eigenvalue weighted by molar-refractivity contribution is 7.47. The molecule has 16 nitrogen and oxygen atoms in total. The number of ether oxygens (including phenoxy) is 2. The van der Waals surface area contributed by atoms with Gasteiger partial charge >= 0.3 is 19.8 Å². The third-order valence-electron chi connectivity index (χ3n) is 11.4. The van der Waals surface area contributed by atoms with Crippen LogP contribution in [0.5, 0.6) is 0 Å². The molecule has 17 heteroatoms. The van der Waals surface area contributed by atoms with E-state index < -0.39 is 94.0 Å². The first-order valence-corrected chi connectivity index (χ1v) is 25.3. The maximum absolute atomic E-state index is 12.8. The van der Waals surface area contributed by atoms with E-state index in [4.69, 9.17) is 18.5 Å². The van der Waals surface area contributed by atoms with Crippen molar-refractivity contribution in [2.45, 2.75) is 248 Å². The zero-order chi connectivity index (χ0) is 46.2. The van der Waals surface area contributed by atoms with Gasteiger partial charge in [-0.1, -0.05) is 161 Å². The summed E-state index contributed by atoms with van der Waals surface area (Å²) in [5.74, 6) is -1.23. The van der Waals surface area contributed by atoms with Crippen molar-refractivity contribution in [1.82, 2.24) is 0 Å². The molecule has 0 spiro atoms. The third-order valence-corrected chi connectivity index (χ3v) is 12.4. The van der Waals surface area contributed by atoms with Gasteiger partial charge in [0.25, 0.3) is 0 Å². The molecule has 0 aliphatic heterocycles. The number of carbonyl (C=O) groups is 2. The second-order valence-electron chi connectivity index (χ2n) is 17.1. The summed E-state index contributed by atoms with van der Waals surface area (Å²) >= 11 is 0. The van der Waals surface area contributed by atoms with Gasteiger partial charge in [0.1, 0.15) is 43.2 Å². The molecule has 1 fully saturated rings. The molecule has 9 unspecified atom stereocenters. The summed E-state index contributed by atoms with van der Waals surface area (Å²) in [4.78, 5) is 35.7. The van der Waals surface area contributed by atoms with E-state index in [1.807, 2.05) is 0 Å². The van der Waals surface area contributed by atoms with Gasteiger partial charge in [0.15, 0.2) is 6.10 Å². The summed E-state index contributed by atoms with van der Waals surface area (Å²) in [5.41, 5.74) is 0. The Kier molecular flexibility index (Phi) is 33.7. The quantitative estimate of drug-likeness (QED) is 0.0149. The van der Waals surface area contributed by atoms with E-state index in [0.717, 1.165) is 57.8 Å². The van der Waals surface area contributed by atoms with Gasteiger partial charge in [0.05, 0.1) is 24.9 Å². The smallest absolute Gasteiger partial charge is 0.462 e. The van der Waals surface area contributed by atoms with Crippen molar-refractivity contribution in [1.29, 1.82) is 0 Å². The van der Waals surface area contributed by atoms with E-state index in [2.05, 4.69) is 13.8 Å². The minimum Gasteiger partial charge on any atom is -0.462 e. The van der Waals surface area contributed by atoms with Crippen LogP contribution in [-0.4, -0.2) is 132 Å². The Morgan fingerprint density at radius 2 is 0.968 bits per heavy atom. The summed E-state index contributed by atoms with van der Waals surface area (Å²) in [6.45, 7) is 3.01. The molecule has 1 aliphatic rings. The highest BCUT2D eigenvalue weighted by Gasteiger charge is 2.51. The van der Waals surface area contributed by atoms with Crippen LogP contribution in [0, 0.1) is 0 Å². The molecule has 9 atom stereocenters. The second-order valence-corrected chi connectivity index (χ2v) is 18.5. The largest absolute Gasteiger partial charge is 0.472 e. The molecular weight excluding hydrogens is 827 g/mol. The van der Waals surface area contributed by atoms with Crippen LogP contribution in [0.15, 0.2) is 12.2 Å². The van der Waals surface area contributed by atoms with E-state index in [1.54, 1.807) is 0 Å². The van der Waals surface area contributed by atoms with E-state index >= 15 is 0 Å². The van der Waals surface area contributed by atoms with Crippen molar-refractivity contribution >= 4 is 19.8 Å². The molecule has 0 saturated heterocycles. The van der Waals surface area contributed by atoms with Crippen LogP contribution in [0.25, 0.3) is 0 Å². The number of phosphoric acid groups is 1. The Bertz CT molecular complexity index is 1190. The van der Waals surface area contributed by atoms with Crippen LogP contribution in [0.1, 0.15) is 187 Å². The Balaban J connectivity index is 2.51. The number of unbranched alkanes of at least 4 members (excludes halogenated alkanes) is 20. The summed E-state index contributed by atoms with van der Waals surface area (Å²) in [5, 5.41) is 80.5. The number of carbonyl (C=O) groups excluding carboxylic acids is 2. The minimum atomic E-state index is -5.16. The zero-order valence-corrected chi connectivity index (χ0v) is 38.7. The van der Waals surface area contributed by atoms with Crippen molar-refractivity contribution in [2.24, 2.45) is 0 Å². The zero-order valence-electron chi connectivity index (χ0n) is 37.8. The summed E-state index contributed by atoms with van der Waals surface area (Å²) < 4.78 is 33.4. The lowest BCUT2D eigenvalue weighted by Crippen LogP contribution is -2.64. The number of aliphatic hydroxyl groups excluding tert-OH is 8. The standard InChI is InChI=1S/C45H85O16P/c1-3-5-7-8-9-10-11-12-13-14-15-16-17-20-24-28-38(49)58-32-35(33-59-62(56,57)61-45-43(54)41(52)40(51)42(53)44(45)55)60-39(50)29-25-21-18-19-23-26-34(46)30-31-37(48)36(47)27-22-6-4-2/h30-31,34-37,40-48,51-55H,3-29,32-33H2,1-2H3,(H,56,57)/b31-30+. The minimum absolute atomic E-state index is 0.0146. The third kappa shape index (κ3) is 27.7. The maximum atomic E-state index is 12.8. The average Bonchev–Trinajstić information content (AvgIpc) is 3.24. The topological polar surface area (TPSA) is 270 Å². The highest BCUT2D eigenvalue weighted by atomic mass is 31.2. The van der Waals surface area contributed by atoms with Gasteiger partial charge in [-0.05, 0) is 25.7 Å². The van der Waals surface area contributed by atoms with Crippen molar-refractivity contribution in [3.8, 4) is 0 Å². The van der Waals surface area contributed by atoms with E-state index in [-0.39, 0.29) is 12.8 Å². The number of hydrogen-bond acceptors (Lipinski definition) is 15. The van der Waals surface area contributed by atoms with Gasteiger partial charge in [-0.25, -0.2) is 4.57 Å². The fraction of sp³-hybridized carbons (Fsp3) is 0.911. The molecule has 0 aromatic heterocycles. The fourth-order valence-corrected chi connectivity index (χ4v) is 8.31. The Morgan fingerprint density at radius 3 is 1.48 bits per heavy atom. The van der Waals surface area contributed by atoms with Crippen LogP contribution in [0.3, 0.4) is 0 Å². The number of rotatable bonds is 39. The summed E-state index contributed by atoms with van der Waals surface area (Å²) in [7, 11) is -5.16. The Morgan fingerprint density at radius 1 is 0.548 bits per heavy atom. The van der Waals surface area contributed by atoms with Crippen LogP contribution < -0.4 is 0 Å². The van der Waals surface area contributed by atoms with Crippen molar-refractivity contribution in [3.05, 3.63) is 12.2 Å². The lowest BCUT2D eigenvalue weighted by Gasteiger charge is -2.41. The van der Waals surface area contributed by atoms with E-state index in [0.29, 0.717) is 38.5 Å². The molecule has 9 N–H and O–H groups in total. The fourth-order valence-electron chi connectivity index (χ4n) is 7.34. The van der Waals surface area contributed by atoms with Gasteiger partial charge in [-0.15, -0.1) is 0 Å². The number of esters is 2. The molecule has 0 radical (unpaired) electrons. The molecule has 1 rings (SSSR count). The van der Waals surface area contributed by atoms with Gasteiger partial charge < -0.3 is 55.2 Å². The number of aliphatic hydroxyl groups is 8. The Labute approximate surface area is 371 Å². The first kappa shape index (κ1) is 58.5. The predicted molar refractivity (Wildman–Crippen MR) is 235 cm³/mol. The molecule has 62 heavy (non-hydrogen) atoms. The average molecular weight is 913 g/mol. The van der Waals surface area contributed by atoms with E-state index in [9.17, 15) is 59.9 Å². The van der Waals surface area contributed by atoms with Crippen molar-refractivity contribution in [3.63, 3.8) is 0 Å². The van der Waals surface area contributed by atoms with Crippen LogP contribution >= 0.6 is 7.82 Å². The van der Waals surface area contributed by atoms with E-state index in [1.165, 1.54) is 76.4 Å². The van der Waals surface area contributed by atoms with Gasteiger partial charge in [-0.3, -0.25) is 18.6 Å². The second kappa shape index (κ2) is 35.7. The lowest BCUT2D eigenvalue weighted by molar-refractivity contribution is -0.220. The first-order chi connectivity index (χ1) is 29.6. The van der Waals surface area contributed by atoms with Crippen LogP contribution in [-0.2, 0) is 32.7 Å². The van der Waals surface area contributed by atoms with Crippen molar-refractivity contribution in [2.75, 3.05) is 13.2 Å². The monoisotopic (exact) mass is 913 g/mol. The molecule has 0 amide bonds. The normalized spacial score (nSPS) is 23.5. The molecular formula is C45H85O16P. The Hall–Kier alpha value is -1.53. The van der Waals surface area contributed by atoms with Gasteiger partial charge in [-0.2, -0.15) is 0 Å². The van der Waals surface area contributed by atoms with Crippen LogP contribution in [0.4, 0.5) is 0 Å². The number of hydrogen-bond donors (Lipinski definition) is 9. The summed E-state index contributed by atoms with van der Waals surface area (Å²) in [6, 6.07) is 0. The molecule has 0 aromatic carbocycles. The summed E-state index contributed by atoms with van der Waals surface area (Å²) in [6.07, 6.45) is 11.7. The lowest BCUT2D eigenvalue weighted by atomic mass is 9.85. The first-order valence-electron chi connectivity index (χ1n) is 23.8. The molecule has 366 valence electrons. The highest BCUT2D eigenvalue weighted by Crippen LogP contribution is 2.47. The maximum Gasteiger partial charge on any atom is 0.472 e. The van der Waals surface area contributed by atoms with Crippen molar-refractivity contribution < 1.29 is 78.4 Å².